The number of piperidine rings is 1. The lowest BCUT2D eigenvalue weighted by molar-refractivity contribution is 0.0450. The molecule has 2 atom stereocenters. The molecule has 5 heteroatoms. The minimum Gasteiger partial charge on any atom is -0.334 e. The number of hydrogen-bond donors (Lipinski definition) is 0. The molecule has 0 aliphatic carbocycles. The summed E-state index contributed by atoms with van der Waals surface area (Å²) in [6.07, 6.45) is 3.52. The number of halogens is 1. The first kappa shape index (κ1) is 17.3. The SMILES string of the molecule is CC(C)n1c(N2C3CC(C)(C)CC2(C)C3)nc2ccc(I)cc2c1=O. The van der Waals surface area contributed by atoms with Crippen molar-refractivity contribution in [2.45, 2.75) is 71.5 Å². The lowest BCUT2D eigenvalue weighted by atomic mass is 9.59. The first-order valence-corrected chi connectivity index (χ1v) is 10.2. The van der Waals surface area contributed by atoms with Crippen molar-refractivity contribution in [1.29, 1.82) is 0 Å². The maximum atomic E-state index is 13.2. The normalized spacial score (nSPS) is 27.6. The molecule has 134 valence electrons. The zero-order valence-corrected chi connectivity index (χ0v) is 17.8. The average molecular weight is 451 g/mol. The van der Waals surface area contributed by atoms with Crippen LogP contribution < -0.4 is 10.5 Å². The van der Waals surface area contributed by atoms with Crippen molar-refractivity contribution < 1.29 is 0 Å². The van der Waals surface area contributed by atoms with Crippen molar-refractivity contribution in [3.05, 3.63) is 32.1 Å². The highest BCUT2D eigenvalue weighted by Gasteiger charge is 2.57. The van der Waals surface area contributed by atoms with Gasteiger partial charge in [0.1, 0.15) is 0 Å². The van der Waals surface area contributed by atoms with Gasteiger partial charge in [-0.05, 0) is 86.2 Å². The molecule has 4 nitrogen and oxygen atoms in total. The Hall–Kier alpha value is -1.11. The molecule has 0 spiro atoms. The van der Waals surface area contributed by atoms with Crippen LogP contribution in [0.5, 0.6) is 0 Å². The van der Waals surface area contributed by atoms with E-state index in [2.05, 4.69) is 62.1 Å². The fourth-order valence-corrected chi connectivity index (χ4v) is 5.78. The predicted molar refractivity (Wildman–Crippen MR) is 111 cm³/mol. The molecule has 0 N–H and O–H groups in total. The summed E-state index contributed by atoms with van der Waals surface area (Å²) >= 11 is 2.26. The van der Waals surface area contributed by atoms with Gasteiger partial charge in [-0.2, -0.15) is 0 Å². The summed E-state index contributed by atoms with van der Waals surface area (Å²) in [4.78, 5) is 20.7. The molecule has 1 aromatic carbocycles. The zero-order valence-electron chi connectivity index (χ0n) is 15.6. The molecule has 0 amide bonds. The number of fused-ring (bicyclic) bond motifs is 3. The summed E-state index contributed by atoms with van der Waals surface area (Å²) in [6, 6.07) is 6.55. The van der Waals surface area contributed by atoms with Gasteiger partial charge in [0, 0.05) is 21.2 Å². The van der Waals surface area contributed by atoms with Crippen LogP contribution in [-0.2, 0) is 0 Å². The van der Waals surface area contributed by atoms with E-state index >= 15 is 0 Å². The molecule has 0 saturated carbocycles. The third kappa shape index (κ3) is 2.61. The third-order valence-corrected chi connectivity index (χ3v) is 6.52. The van der Waals surface area contributed by atoms with E-state index in [0.717, 1.165) is 26.8 Å². The van der Waals surface area contributed by atoms with Gasteiger partial charge in [0.2, 0.25) is 5.95 Å². The largest absolute Gasteiger partial charge is 0.334 e. The van der Waals surface area contributed by atoms with Crippen molar-refractivity contribution in [1.82, 2.24) is 9.55 Å². The van der Waals surface area contributed by atoms with Gasteiger partial charge in [-0.1, -0.05) is 13.8 Å². The highest BCUT2D eigenvalue weighted by atomic mass is 127. The molecule has 2 unspecified atom stereocenters. The van der Waals surface area contributed by atoms with Crippen molar-refractivity contribution in [3.8, 4) is 0 Å². The Morgan fingerprint density at radius 2 is 1.96 bits per heavy atom. The maximum absolute atomic E-state index is 13.2. The fourth-order valence-electron chi connectivity index (χ4n) is 5.29. The van der Waals surface area contributed by atoms with Gasteiger partial charge in [-0.15, -0.1) is 0 Å². The highest BCUT2D eigenvalue weighted by Crippen LogP contribution is 2.55. The summed E-state index contributed by atoms with van der Waals surface area (Å²) < 4.78 is 2.97. The summed E-state index contributed by atoms with van der Waals surface area (Å²) in [5, 5.41) is 0.723. The fraction of sp³-hybridized carbons (Fsp3) is 0.600. The van der Waals surface area contributed by atoms with E-state index < -0.39 is 0 Å². The molecular formula is C20H26IN3O. The number of nitrogens with zero attached hydrogens (tertiary/aromatic N) is 3. The van der Waals surface area contributed by atoms with Gasteiger partial charge in [-0.25, -0.2) is 4.98 Å². The van der Waals surface area contributed by atoms with Gasteiger partial charge < -0.3 is 4.90 Å². The van der Waals surface area contributed by atoms with Crippen LogP contribution in [0.3, 0.4) is 0 Å². The van der Waals surface area contributed by atoms with Crippen LogP contribution in [0, 0.1) is 8.99 Å². The quantitative estimate of drug-likeness (QED) is 0.620. The van der Waals surface area contributed by atoms with Crippen LogP contribution in [0.15, 0.2) is 23.0 Å². The number of hydrogen-bond acceptors (Lipinski definition) is 3. The third-order valence-electron chi connectivity index (χ3n) is 5.85. The molecule has 2 aliphatic heterocycles. The molecule has 0 radical (unpaired) electrons. The molecule has 2 saturated heterocycles. The molecule has 2 bridgehead atoms. The van der Waals surface area contributed by atoms with Crippen molar-refractivity contribution in [3.63, 3.8) is 0 Å². The Morgan fingerprint density at radius 3 is 2.60 bits per heavy atom. The Morgan fingerprint density at radius 1 is 1.24 bits per heavy atom. The van der Waals surface area contributed by atoms with Gasteiger partial charge >= 0.3 is 0 Å². The van der Waals surface area contributed by atoms with E-state index in [0.29, 0.717) is 11.5 Å². The summed E-state index contributed by atoms with van der Waals surface area (Å²) in [5.74, 6) is 0.864. The van der Waals surface area contributed by atoms with E-state index in [1.165, 1.54) is 12.8 Å². The van der Waals surface area contributed by atoms with Crippen LogP contribution >= 0.6 is 22.6 Å². The maximum Gasteiger partial charge on any atom is 0.263 e. The van der Waals surface area contributed by atoms with E-state index in [-0.39, 0.29) is 17.1 Å². The van der Waals surface area contributed by atoms with E-state index in [4.69, 9.17) is 4.98 Å². The summed E-state index contributed by atoms with van der Waals surface area (Å²) in [5.41, 5.74) is 1.37. The van der Waals surface area contributed by atoms with E-state index in [1.807, 2.05) is 22.8 Å². The number of rotatable bonds is 2. The summed E-state index contributed by atoms with van der Waals surface area (Å²) in [7, 11) is 0. The van der Waals surface area contributed by atoms with Gasteiger partial charge in [-0.3, -0.25) is 9.36 Å². The highest BCUT2D eigenvalue weighted by molar-refractivity contribution is 14.1. The zero-order chi connectivity index (χ0) is 18.1. The standard InChI is InChI=1S/C20H26IN3O/c1-12(2)23-17(25)15-8-13(21)6-7-16(15)22-18(23)24-14-9-19(3,4)11-20(24,5)10-14/h6-8,12,14H,9-11H2,1-5H3. The first-order valence-electron chi connectivity index (χ1n) is 9.12. The molecule has 3 heterocycles. The number of anilines is 1. The second-order valence-corrected chi connectivity index (χ2v) is 10.4. The first-order chi connectivity index (χ1) is 11.6. The molecule has 25 heavy (non-hydrogen) atoms. The van der Waals surface area contributed by atoms with Crippen molar-refractivity contribution in [2.24, 2.45) is 5.41 Å². The van der Waals surface area contributed by atoms with Gasteiger partial charge in [0.05, 0.1) is 10.9 Å². The predicted octanol–water partition coefficient (Wildman–Crippen LogP) is 4.74. The smallest absolute Gasteiger partial charge is 0.263 e. The summed E-state index contributed by atoms with van der Waals surface area (Å²) in [6.45, 7) is 11.2. The van der Waals surface area contributed by atoms with Crippen LogP contribution in [0.2, 0.25) is 0 Å². The average Bonchev–Trinajstić information content (AvgIpc) is 2.45. The lowest BCUT2D eigenvalue weighted by Gasteiger charge is -2.65. The van der Waals surface area contributed by atoms with Crippen LogP contribution in [-0.4, -0.2) is 21.1 Å². The van der Waals surface area contributed by atoms with E-state index in [9.17, 15) is 4.79 Å². The minimum absolute atomic E-state index is 0.0846. The second-order valence-electron chi connectivity index (χ2n) is 9.11. The minimum atomic E-state index is 0.0846. The van der Waals surface area contributed by atoms with Crippen molar-refractivity contribution >= 4 is 39.4 Å². The van der Waals surface area contributed by atoms with E-state index in [1.54, 1.807) is 0 Å². The molecular weight excluding hydrogens is 425 g/mol. The number of aromatic nitrogens is 2. The van der Waals surface area contributed by atoms with Gasteiger partial charge in [0.15, 0.2) is 0 Å². The lowest BCUT2D eigenvalue weighted by Crippen LogP contribution is -2.71. The van der Waals surface area contributed by atoms with Crippen molar-refractivity contribution in [2.75, 3.05) is 4.90 Å². The molecule has 1 aromatic heterocycles. The second kappa shape index (κ2) is 5.44. The molecule has 2 fully saturated rings. The molecule has 2 aliphatic rings. The Bertz CT molecular complexity index is 917. The molecule has 2 aromatic rings. The number of benzene rings is 1. The van der Waals surface area contributed by atoms with Crippen LogP contribution in [0.25, 0.3) is 10.9 Å². The monoisotopic (exact) mass is 451 g/mol. The Balaban J connectivity index is 1.92. The Kier molecular flexibility index (Phi) is 3.77. The van der Waals surface area contributed by atoms with Gasteiger partial charge in [0.25, 0.3) is 5.56 Å². The Labute approximate surface area is 162 Å². The van der Waals surface area contributed by atoms with Crippen LogP contribution in [0.4, 0.5) is 5.95 Å². The van der Waals surface area contributed by atoms with Crippen LogP contribution in [0.1, 0.15) is 59.9 Å². The topological polar surface area (TPSA) is 38.1 Å². The molecule has 4 rings (SSSR count).